The van der Waals surface area contributed by atoms with Crippen molar-refractivity contribution in [1.29, 1.82) is 0 Å². The third kappa shape index (κ3) is 2.38. The number of nitrogens with zero attached hydrogens (tertiary/aromatic N) is 2. The standard InChI is InChI=1S/C14H10N2O4S/c1-19-10-4-2-3-5-11(10)20-13(18)9-8-15-14-16(12(9)17)6-7-21-14/h2-8H,1H3. The topological polar surface area (TPSA) is 69.9 Å². The van der Waals surface area contributed by atoms with Gasteiger partial charge in [-0.2, -0.15) is 0 Å². The third-order valence-electron chi connectivity index (χ3n) is 2.83. The monoisotopic (exact) mass is 302 g/mol. The molecule has 0 bridgehead atoms. The molecule has 0 fully saturated rings. The minimum Gasteiger partial charge on any atom is -0.493 e. The predicted octanol–water partition coefficient (Wildman–Crippen LogP) is 1.98. The van der Waals surface area contributed by atoms with Crippen molar-refractivity contribution in [1.82, 2.24) is 9.38 Å². The minimum absolute atomic E-state index is 0.128. The van der Waals surface area contributed by atoms with Gasteiger partial charge in [0, 0.05) is 11.6 Å². The lowest BCUT2D eigenvalue weighted by Crippen LogP contribution is -2.24. The summed E-state index contributed by atoms with van der Waals surface area (Å²) in [6.45, 7) is 0. The van der Waals surface area contributed by atoms with E-state index in [-0.39, 0.29) is 11.3 Å². The van der Waals surface area contributed by atoms with Gasteiger partial charge in [0.25, 0.3) is 5.56 Å². The largest absolute Gasteiger partial charge is 0.493 e. The van der Waals surface area contributed by atoms with Crippen LogP contribution in [-0.2, 0) is 0 Å². The Labute approximate surface area is 123 Å². The first kappa shape index (κ1) is 13.3. The highest BCUT2D eigenvalue weighted by molar-refractivity contribution is 7.15. The van der Waals surface area contributed by atoms with E-state index >= 15 is 0 Å². The van der Waals surface area contributed by atoms with E-state index in [1.165, 1.54) is 29.0 Å². The third-order valence-corrected chi connectivity index (χ3v) is 3.61. The maximum absolute atomic E-state index is 12.2. The van der Waals surface area contributed by atoms with Gasteiger partial charge in [-0.3, -0.25) is 9.20 Å². The quantitative estimate of drug-likeness (QED) is 0.546. The molecule has 2 aromatic heterocycles. The molecular formula is C14H10N2O4S. The number of carbonyl (C=O) groups is 1. The van der Waals surface area contributed by atoms with E-state index in [2.05, 4.69) is 4.98 Å². The van der Waals surface area contributed by atoms with Gasteiger partial charge >= 0.3 is 5.97 Å². The SMILES string of the molecule is COc1ccccc1OC(=O)c1cnc2sccn2c1=O. The van der Waals surface area contributed by atoms with Crippen LogP contribution in [0.2, 0.25) is 0 Å². The molecule has 2 heterocycles. The summed E-state index contributed by atoms with van der Waals surface area (Å²) in [6, 6.07) is 6.71. The normalized spacial score (nSPS) is 10.5. The molecule has 0 amide bonds. The number of fused-ring (bicyclic) bond motifs is 1. The summed E-state index contributed by atoms with van der Waals surface area (Å²) in [6.07, 6.45) is 2.79. The van der Waals surface area contributed by atoms with Gasteiger partial charge in [-0.1, -0.05) is 12.1 Å². The van der Waals surface area contributed by atoms with Gasteiger partial charge in [-0.05, 0) is 12.1 Å². The van der Waals surface area contributed by atoms with E-state index in [0.29, 0.717) is 10.7 Å². The van der Waals surface area contributed by atoms with Crippen molar-refractivity contribution in [2.45, 2.75) is 0 Å². The number of rotatable bonds is 3. The van der Waals surface area contributed by atoms with Crippen molar-refractivity contribution in [3.8, 4) is 11.5 Å². The van der Waals surface area contributed by atoms with Crippen LogP contribution in [0.25, 0.3) is 4.96 Å². The lowest BCUT2D eigenvalue weighted by atomic mass is 10.3. The van der Waals surface area contributed by atoms with Crippen LogP contribution in [0.5, 0.6) is 11.5 Å². The fourth-order valence-electron chi connectivity index (χ4n) is 1.82. The van der Waals surface area contributed by atoms with Gasteiger partial charge in [0.2, 0.25) is 0 Å². The lowest BCUT2D eigenvalue weighted by molar-refractivity contribution is 0.0727. The van der Waals surface area contributed by atoms with Crippen LogP contribution in [0.15, 0.2) is 46.8 Å². The molecule has 6 nitrogen and oxygen atoms in total. The van der Waals surface area contributed by atoms with E-state index in [1.807, 2.05) is 0 Å². The van der Waals surface area contributed by atoms with Gasteiger partial charge in [-0.15, -0.1) is 11.3 Å². The van der Waals surface area contributed by atoms with Crippen molar-refractivity contribution in [3.63, 3.8) is 0 Å². The maximum atomic E-state index is 12.2. The highest BCUT2D eigenvalue weighted by Crippen LogP contribution is 2.26. The molecule has 0 unspecified atom stereocenters. The van der Waals surface area contributed by atoms with Gasteiger partial charge < -0.3 is 9.47 Å². The molecule has 3 rings (SSSR count). The molecule has 0 aliphatic heterocycles. The van der Waals surface area contributed by atoms with E-state index < -0.39 is 11.5 Å². The Morgan fingerprint density at radius 2 is 2.05 bits per heavy atom. The predicted molar refractivity (Wildman–Crippen MR) is 77.3 cm³/mol. The molecule has 0 N–H and O–H groups in total. The maximum Gasteiger partial charge on any atom is 0.350 e. The molecule has 0 aliphatic carbocycles. The number of hydrogen-bond acceptors (Lipinski definition) is 6. The van der Waals surface area contributed by atoms with Crippen LogP contribution in [0.1, 0.15) is 10.4 Å². The Kier molecular flexibility index (Phi) is 3.41. The Hall–Kier alpha value is -2.67. The fourth-order valence-corrected chi connectivity index (χ4v) is 2.50. The summed E-state index contributed by atoms with van der Waals surface area (Å²) in [5, 5.41) is 1.72. The van der Waals surface area contributed by atoms with Crippen LogP contribution >= 0.6 is 11.3 Å². The van der Waals surface area contributed by atoms with Crippen LogP contribution < -0.4 is 15.0 Å². The molecule has 1 aromatic carbocycles. The van der Waals surface area contributed by atoms with E-state index in [1.54, 1.807) is 35.8 Å². The molecular weight excluding hydrogens is 292 g/mol. The number of para-hydroxylation sites is 2. The summed E-state index contributed by atoms with van der Waals surface area (Å²) >= 11 is 1.31. The number of ether oxygens (including phenoxy) is 2. The molecule has 0 aliphatic rings. The zero-order valence-corrected chi connectivity index (χ0v) is 11.8. The lowest BCUT2D eigenvalue weighted by Gasteiger charge is -2.08. The molecule has 0 atom stereocenters. The van der Waals surface area contributed by atoms with Crippen LogP contribution in [0.4, 0.5) is 0 Å². The minimum atomic E-state index is -0.766. The van der Waals surface area contributed by atoms with Crippen molar-refractivity contribution >= 4 is 22.3 Å². The Morgan fingerprint density at radius 3 is 2.81 bits per heavy atom. The fraction of sp³-hybridized carbons (Fsp3) is 0.0714. The second kappa shape index (κ2) is 5.37. The average molecular weight is 302 g/mol. The van der Waals surface area contributed by atoms with Crippen molar-refractivity contribution in [2.24, 2.45) is 0 Å². The number of hydrogen-bond donors (Lipinski definition) is 0. The van der Waals surface area contributed by atoms with Gasteiger partial charge in [0.05, 0.1) is 13.3 Å². The molecule has 0 radical (unpaired) electrons. The summed E-state index contributed by atoms with van der Waals surface area (Å²) in [4.78, 5) is 28.9. The van der Waals surface area contributed by atoms with Crippen LogP contribution in [0.3, 0.4) is 0 Å². The highest BCUT2D eigenvalue weighted by atomic mass is 32.1. The molecule has 0 spiro atoms. The second-order valence-electron chi connectivity index (χ2n) is 4.07. The Bertz CT molecular complexity index is 869. The van der Waals surface area contributed by atoms with Crippen molar-refractivity contribution < 1.29 is 14.3 Å². The molecule has 0 saturated carbocycles. The smallest absolute Gasteiger partial charge is 0.350 e. The second-order valence-corrected chi connectivity index (χ2v) is 4.95. The van der Waals surface area contributed by atoms with Gasteiger partial charge in [0.15, 0.2) is 16.5 Å². The van der Waals surface area contributed by atoms with Crippen LogP contribution in [-0.4, -0.2) is 22.5 Å². The zero-order valence-electron chi connectivity index (χ0n) is 11.0. The van der Waals surface area contributed by atoms with E-state index in [9.17, 15) is 9.59 Å². The van der Waals surface area contributed by atoms with Crippen LogP contribution in [0, 0.1) is 0 Å². The summed E-state index contributed by atoms with van der Waals surface area (Å²) in [5.41, 5.74) is -0.585. The Balaban J connectivity index is 1.97. The number of methoxy groups -OCH3 is 1. The van der Waals surface area contributed by atoms with Crippen molar-refractivity contribution in [2.75, 3.05) is 7.11 Å². The van der Waals surface area contributed by atoms with Crippen molar-refractivity contribution in [3.05, 3.63) is 58.0 Å². The van der Waals surface area contributed by atoms with Gasteiger partial charge in [0.1, 0.15) is 5.56 Å². The number of benzene rings is 1. The number of thiazole rings is 1. The van der Waals surface area contributed by atoms with E-state index in [0.717, 1.165) is 0 Å². The molecule has 3 aromatic rings. The number of esters is 1. The molecule has 0 saturated heterocycles. The number of carbonyl (C=O) groups excluding carboxylic acids is 1. The summed E-state index contributed by atoms with van der Waals surface area (Å²) in [5.74, 6) is -0.104. The summed E-state index contributed by atoms with van der Waals surface area (Å²) in [7, 11) is 1.47. The highest BCUT2D eigenvalue weighted by Gasteiger charge is 2.17. The van der Waals surface area contributed by atoms with Gasteiger partial charge in [-0.25, -0.2) is 9.78 Å². The zero-order chi connectivity index (χ0) is 14.8. The first-order valence-electron chi connectivity index (χ1n) is 6.01. The molecule has 21 heavy (non-hydrogen) atoms. The summed E-state index contributed by atoms with van der Waals surface area (Å²) < 4.78 is 11.6. The first-order valence-corrected chi connectivity index (χ1v) is 6.88. The number of aromatic nitrogens is 2. The first-order chi connectivity index (χ1) is 10.2. The average Bonchev–Trinajstić information content (AvgIpc) is 2.97. The molecule has 106 valence electrons. The molecule has 7 heteroatoms. The Morgan fingerprint density at radius 1 is 1.29 bits per heavy atom. The van der Waals surface area contributed by atoms with E-state index in [4.69, 9.17) is 9.47 Å².